The van der Waals surface area contributed by atoms with Gasteiger partial charge in [-0.25, -0.2) is 29.9 Å². The number of hydrogen-bond donors (Lipinski definition) is 7. The number of aromatic nitrogens is 9. The number of anilines is 3. The number of alkyl halides is 10. The van der Waals surface area contributed by atoms with Gasteiger partial charge < -0.3 is 51.4 Å². The minimum absolute atomic E-state index is 0.00755. The number of aliphatic hydroxyl groups is 2. The van der Waals surface area contributed by atoms with E-state index in [1.165, 1.54) is 104 Å². The van der Waals surface area contributed by atoms with Gasteiger partial charge in [-0.05, 0) is 123 Å². The molecular weight excluding hydrogens is 1460 g/mol. The molecule has 0 saturated carbocycles. The van der Waals surface area contributed by atoms with E-state index in [1.807, 2.05) is 0 Å². The first-order valence-electron chi connectivity index (χ1n) is 34.0. The van der Waals surface area contributed by atoms with Crippen LogP contribution < -0.4 is 43.7 Å². The molecule has 3 aliphatic rings. The van der Waals surface area contributed by atoms with Gasteiger partial charge in [0.1, 0.15) is 77.4 Å². The van der Waals surface area contributed by atoms with Gasteiger partial charge >= 0.3 is 18.5 Å². The van der Waals surface area contributed by atoms with Gasteiger partial charge in [-0.3, -0.25) is 32.9 Å². The summed E-state index contributed by atoms with van der Waals surface area (Å²) < 4.78 is 141. The fourth-order valence-electron chi connectivity index (χ4n) is 13.5. The fourth-order valence-corrected chi connectivity index (χ4v) is 13.6. The molecule has 0 radical (unpaired) electrons. The van der Waals surface area contributed by atoms with E-state index in [-0.39, 0.29) is 92.9 Å². The summed E-state index contributed by atoms with van der Waals surface area (Å²) in [4.78, 5) is 77.4. The second kappa shape index (κ2) is 34.0. The number of carbonyl (C=O) groups excluding carboxylic acids is 1. The van der Waals surface area contributed by atoms with Gasteiger partial charge in [-0.15, -0.1) is 30.9 Å². The van der Waals surface area contributed by atoms with Crippen molar-refractivity contribution in [1.29, 1.82) is 0 Å². The highest BCUT2D eigenvalue weighted by molar-refractivity contribution is 6.27. The van der Waals surface area contributed by atoms with Crippen molar-refractivity contribution in [2.75, 3.05) is 68.1 Å². The molecule has 9 heterocycles. The van der Waals surface area contributed by atoms with E-state index in [2.05, 4.69) is 68.9 Å². The van der Waals surface area contributed by atoms with Crippen molar-refractivity contribution < 1.29 is 68.7 Å². The Bertz CT molecular complexity index is 4980. The Morgan fingerprint density at radius 3 is 1.17 bits per heavy atom. The molecule has 23 nitrogen and oxygen atoms in total. The first-order chi connectivity index (χ1) is 51.6. The van der Waals surface area contributed by atoms with Gasteiger partial charge in [0.05, 0.1) is 49.5 Å². The fraction of sp³-hybridized carbons (Fsp3) is 0.395. The van der Waals surface area contributed by atoms with Gasteiger partial charge in [-0.2, -0.15) is 39.5 Å². The van der Waals surface area contributed by atoms with Crippen LogP contribution in [0.15, 0.2) is 106 Å². The van der Waals surface area contributed by atoms with Crippen LogP contribution in [0.25, 0.3) is 33.1 Å². The molecule has 0 bridgehead atoms. The Morgan fingerprint density at radius 1 is 0.541 bits per heavy atom. The summed E-state index contributed by atoms with van der Waals surface area (Å²) in [5.74, 6) is 7.52. The molecule has 3 saturated heterocycles. The number of rotatable bonds is 14. The SMILES string of the molecule is C#C[C@@H](Nc1ncnc2c1cc(C1(N)CCOCC1)c(=O)n2C)c1cccc(C(F)(F)F)c1C.C#C[C@@H](Nc1ncnc2c1cc(C1(NC(=O)CCl)CCOCC1)c(=O)n2C)c1cccc(C(F)(F)F)c1C.C#C[C@@H](Nc1ncnc2c1cc(C1(O)CCOCC1)c(=O)n2C)c1cccc(C(F)(F)F)c1C.CCO. The lowest BCUT2D eigenvalue weighted by atomic mass is 9.82. The molecule has 3 fully saturated rings. The van der Waals surface area contributed by atoms with Crippen LogP contribution in [0.3, 0.4) is 0 Å². The lowest BCUT2D eigenvalue weighted by Crippen LogP contribution is -2.53. The Morgan fingerprint density at radius 2 is 0.844 bits per heavy atom. The third-order valence-electron chi connectivity index (χ3n) is 19.4. The molecule has 576 valence electrons. The molecule has 9 aromatic rings. The van der Waals surface area contributed by atoms with Crippen LogP contribution in [-0.4, -0.2) is 112 Å². The number of aliphatic hydroxyl groups excluding tert-OH is 1. The monoisotopic (exact) mass is 1540 g/mol. The molecule has 3 aliphatic heterocycles. The molecule has 0 unspecified atom stereocenters. The summed E-state index contributed by atoms with van der Waals surface area (Å²) in [5, 5.41) is 32.0. The van der Waals surface area contributed by atoms with Crippen LogP contribution in [-0.2, 0) is 75.4 Å². The zero-order valence-electron chi connectivity index (χ0n) is 60.2. The van der Waals surface area contributed by atoms with Crippen molar-refractivity contribution in [3.8, 4) is 37.0 Å². The van der Waals surface area contributed by atoms with Crippen LogP contribution in [0.1, 0.15) is 130 Å². The molecular formula is C76H78ClF9N14O9. The van der Waals surface area contributed by atoms with E-state index in [0.717, 1.165) is 18.2 Å². The van der Waals surface area contributed by atoms with E-state index in [9.17, 15) is 63.8 Å². The summed E-state index contributed by atoms with van der Waals surface area (Å²) in [7, 11) is 4.66. The summed E-state index contributed by atoms with van der Waals surface area (Å²) in [6.45, 7) is 8.15. The number of aryl methyl sites for hydroxylation is 3. The highest BCUT2D eigenvalue weighted by Crippen LogP contribution is 2.41. The zero-order valence-corrected chi connectivity index (χ0v) is 60.9. The maximum absolute atomic E-state index is 13.5. The van der Waals surface area contributed by atoms with Crippen molar-refractivity contribution >= 4 is 68.1 Å². The number of nitrogens with two attached hydrogens (primary N) is 1. The van der Waals surface area contributed by atoms with Crippen LogP contribution >= 0.6 is 11.6 Å². The highest BCUT2D eigenvalue weighted by Gasteiger charge is 2.42. The number of ether oxygens (including phenoxy) is 3. The molecule has 8 N–H and O–H groups in total. The van der Waals surface area contributed by atoms with Gasteiger partial charge in [0, 0.05) is 96.9 Å². The lowest BCUT2D eigenvalue weighted by molar-refractivity contribution is -0.138. The van der Waals surface area contributed by atoms with Crippen molar-refractivity contribution in [1.82, 2.24) is 48.9 Å². The van der Waals surface area contributed by atoms with Crippen LogP contribution in [0.5, 0.6) is 0 Å². The van der Waals surface area contributed by atoms with Gasteiger partial charge in [-0.1, -0.05) is 54.2 Å². The summed E-state index contributed by atoms with van der Waals surface area (Å²) >= 11 is 5.75. The standard InChI is InChI=1S/C26H25ClF3N5O3.C24H24F3N5O2.C24H23F3N4O3.C2H6O/c1-4-20(16-6-5-7-18(15(16)2)26(28,29)30)33-22-17-12-19(24(37)35(3)23(17)32-14-31-22)25(34-21(36)13-27)8-10-38-11-9-25;1-4-19(15-6-5-7-17(14(15)2)24(25,26)27)31-20-16-12-18(23(28)8-10-34-11-9-23)22(33)32(3)21(16)30-13-29-20;1-4-19(15-6-5-7-17(14(15)2)24(25,26)27)30-20-16-12-18(23(33)8-10-34-11-9-23)22(32)31(3)21(16)29-13-28-20;1-2-3/h1,5-7,12,14,20H,8-11,13H2,2-3H3,(H,34,36)(H,31,32,33);1,5-7,12-13,19H,8-11,28H2,2-3H3,(H,29,30,31);1,5-7,12-13,19,33H,8-11H2,2-3H3,(H,28,29,30);3H,2H2,1H3/t20-;2*19-;/m111./s1. The molecule has 6 aromatic heterocycles. The first-order valence-corrected chi connectivity index (χ1v) is 34.6. The second-order valence-electron chi connectivity index (χ2n) is 26.0. The largest absolute Gasteiger partial charge is 0.416 e. The average Bonchev–Trinajstić information content (AvgIpc) is 0.756. The van der Waals surface area contributed by atoms with E-state index >= 15 is 0 Å². The van der Waals surface area contributed by atoms with Crippen molar-refractivity contribution in [3.05, 3.63) is 190 Å². The highest BCUT2D eigenvalue weighted by atomic mass is 35.5. The Labute approximate surface area is 624 Å². The van der Waals surface area contributed by atoms with E-state index < -0.39 is 81.5 Å². The summed E-state index contributed by atoms with van der Waals surface area (Å²) in [5.41, 5.74) is 2.58. The number of carbonyl (C=O) groups is 1. The molecule has 12 rings (SSSR count). The number of terminal acetylenes is 3. The Balaban J connectivity index is 0.000000185. The van der Waals surface area contributed by atoms with Crippen LogP contribution in [0.4, 0.5) is 57.0 Å². The minimum atomic E-state index is -4.54. The number of pyridine rings is 3. The van der Waals surface area contributed by atoms with Gasteiger partial charge in [0.15, 0.2) is 0 Å². The van der Waals surface area contributed by atoms with E-state index in [0.29, 0.717) is 109 Å². The van der Waals surface area contributed by atoms with Crippen LogP contribution in [0, 0.1) is 57.8 Å². The van der Waals surface area contributed by atoms with Crippen LogP contribution in [0.2, 0.25) is 0 Å². The normalized spacial score (nSPS) is 16.2. The molecule has 0 aliphatic carbocycles. The Hall–Kier alpha value is -10.5. The number of halogens is 10. The smallest absolute Gasteiger partial charge is 0.397 e. The summed E-state index contributed by atoms with van der Waals surface area (Å²) in [6.07, 6.45) is 9.46. The number of nitrogens with one attached hydrogen (secondary N) is 4. The molecule has 3 aromatic carbocycles. The second-order valence-corrected chi connectivity index (χ2v) is 26.3. The molecule has 0 spiro atoms. The quantitative estimate of drug-likeness (QED) is 0.0302. The third kappa shape index (κ3) is 17.6. The number of nitrogens with zero attached hydrogens (tertiary/aromatic N) is 9. The maximum atomic E-state index is 13.5. The average molecular weight is 1540 g/mol. The van der Waals surface area contributed by atoms with Gasteiger partial charge in [0.25, 0.3) is 16.7 Å². The number of hydrogen-bond acceptors (Lipinski definition) is 19. The van der Waals surface area contributed by atoms with Crippen molar-refractivity contribution in [3.63, 3.8) is 0 Å². The molecule has 33 heteroatoms. The molecule has 3 atom stereocenters. The third-order valence-corrected chi connectivity index (χ3v) is 19.7. The van der Waals surface area contributed by atoms with Gasteiger partial charge in [0.2, 0.25) is 5.91 Å². The van der Waals surface area contributed by atoms with Crippen molar-refractivity contribution in [2.24, 2.45) is 26.9 Å². The zero-order chi connectivity index (χ0) is 79.7. The predicted octanol–water partition coefficient (Wildman–Crippen LogP) is 10.6. The maximum Gasteiger partial charge on any atom is 0.416 e. The first kappa shape index (κ1) is 82.6. The van der Waals surface area contributed by atoms with E-state index in [1.54, 1.807) is 32.2 Å². The van der Waals surface area contributed by atoms with E-state index in [4.69, 9.17) is 55.9 Å². The molecule has 109 heavy (non-hydrogen) atoms. The summed E-state index contributed by atoms with van der Waals surface area (Å²) in [6, 6.07) is 13.5. The minimum Gasteiger partial charge on any atom is -0.397 e. The topological polar surface area (TPSA) is 303 Å². The number of fused-ring (bicyclic) bond motifs is 3. The molecule has 1 amide bonds. The number of benzene rings is 3. The lowest BCUT2D eigenvalue weighted by Gasteiger charge is -2.38. The van der Waals surface area contributed by atoms with Crippen molar-refractivity contribution in [2.45, 2.75) is 120 Å². The predicted molar refractivity (Wildman–Crippen MR) is 392 cm³/mol. The number of amides is 1. The Kier molecular flexibility index (Phi) is 25.7.